The van der Waals surface area contributed by atoms with Crippen molar-refractivity contribution < 1.29 is 19.7 Å². The summed E-state index contributed by atoms with van der Waals surface area (Å²) in [7, 11) is 0. The third-order valence-corrected chi connectivity index (χ3v) is 2.06. The fourth-order valence-corrected chi connectivity index (χ4v) is 1.50. The van der Waals surface area contributed by atoms with Gasteiger partial charge in [-0.25, -0.2) is 4.79 Å². The van der Waals surface area contributed by atoms with Gasteiger partial charge < -0.3 is 14.9 Å². The van der Waals surface area contributed by atoms with Crippen LogP contribution in [0.4, 0.5) is 0 Å². The van der Waals surface area contributed by atoms with Crippen molar-refractivity contribution in [2.45, 2.75) is 11.1 Å². The summed E-state index contributed by atoms with van der Waals surface area (Å²) in [4.78, 5) is 10.6. The molecule has 0 fully saturated rings. The van der Waals surface area contributed by atoms with Crippen LogP contribution in [0.15, 0.2) is 18.2 Å². The molecule has 1 aromatic carbocycles. The molecule has 1 rings (SSSR count). The Morgan fingerprint density at radius 3 is 2.44 bits per heavy atom. The van der Waals surface area contributed by atoms with Crippen LogP contribution in [0, 0.1) is 0 Å². The van der Waals surface area contributed by atoms with E-state index in [1.807, 2.05) is 0 Å². The number of aliphatic carboxylic acids is 1. The Kier molecular flexibility index (Phi) is 4.68. The first-order valence-electron chi connectivity index (χ1n) is 4.06. The van der Waals surface area contributed by atoms with Crippen molar-refractivity contribution in [1.29, 1.82) is 0 Å². The van der Waals surface area contributed by atoms with Gasteiger partial charge in [-0.2, -0.15) is 0 Å². The second kappa shape index (κ2) is 5.59. The predicted octanol–water partition coefficient (Wildman–Crippen LogP) is 2.60. The third-order valence-electron chi connectivity index (χ3n) is 1.67. The van der Waals surface area contributed by atoms with Crippen LogP contribution in [0.5, 0.6) is 5.75 Å². The van der Waals surface area contributed by atoms with Gasteiger partial charge in [0.15, 0.2) is 6.10 Å². The van der Waals surface area contributed by atoms with Gasteiger partial charge in [0.05, 0.1) is 0 Å². The smallest absolute Gasteiger partial charge is 0.337 e. The van der Waals surface area contributed by atoms with E-state index in [-0.39, 0.29) is 16.3 Å². The molecule has 0 saturated carbocycles. The molecule has 0 spiro atoms. The number of rotatable bonds is 4. The van der Waals surface area contributed by atoms with E-state index in [9.17, 15) is 9.90 Å². The average molecular weight is 286 g/mol. The molecule has 16 heavy (non-hydrogen) atoms. The summed E-state index contributed by atoms with van der Waals surface area (Å²) < 4.78 is 4.91. The van der Waals surface area contributed by atoms with Crippen molar-refractivity contribution in [3.63, 3.8) is 0 Å². The molecule has 0 amide bonds. The number of carboxylic acid groups (broad SMARTS) is 1. The van der Waals surface area contributed by atoms with Gasteiger partial charge in [-0.05, 0) is 23.8 Å². The molecule has 0 radical (unpaired) electrons. The second-order valence-electron chi connectivity index (χ2n) is 2.84. The molecule has 7 heteroatoms. The SMILES string of the molecule is O=C(O)[C@H](O)c1cc(Cl)cc(OC(Cl)Cl)c1. The minimum Gasteiger partial charge on any atom is -0.479 e. The fourth-order valence-electron chi connectivity index (χ4n) is 1.06. The van der Waals surface area contributed by atoms with E-state index >= 15 is 0 Å². The second-order valence-corrected chi connectivity index (χ2v) is 4.29. The molecular weight excluding hydrogens is 278 g/mol. The summed E-state index contributed by atoms with van der Waals surface area (Å²) in [5.41, 5.74) is 0.0870. The third kappa shape index (κ3) is 3.72. The highest BCUT2D eigenvalue weighted by Gasteiger charge is 2.17. The molecular formula is C9H7Cl3O4. The summed E-state index contributed by atoms with van der Waals surface area (Å²) in [6, 6.07) is 4.00. The Morgan fingerprint density at radius 2 is 1.94 bits per heavy atom. The Bertz CT molecular complexity index is 394. The summed E-state index contributed by atoms with van der Waals surface area (Å²) >= 11 is 16.5. The Morgan fingerprint density at radius 1 is 1.31 bits per heavy atom. The molecule has 2 N–H and O–H groups in total. The van der Waals surface area contributed by atoms with E-state index in [2.05, 4.69) is 0 Å². The molecule has 1 atom stereocenters. The lowest BCUT2D eigenvalue weighted by Crippen LogP contribution is -2.11. The van der Waals surface area contributed by atoms with Gasteiger partial charge in [0.1, 0.15) is 5.75 Å². The minimum atomic E-state index is -1.68. The Labute approximate surface area is 106 Å². The molecule has 0 saturated heterocycles. The number of carbonyl (C=O) groups is 1. The highest BCUT2D eigenvalue weighted by atomic mass is 35.5. The quantitative estimate of drug-likeness (QED) is 0.835. The van der Waals surface area contributed by atoms with E-state index in [4.69, 9.17) is 44.6 Å². The lowest BCUT2D eigenvalue weighted by atomic mass is 10.1. The van der Waals surface area contributed by atoms with Crippen molar-refractivity contribution >= 4 is 40.8 Å². The molecule has 88 valence electrons. The monoisotopic (exact) mass is 284 g/mol. The summed E-state index contributed by atoms with van der Waals surface area (Å²) in [5, 5.41) is 17.0. The largest absolute Gasteiger partial charge is 0.479 e. The number of alkyl halides is 2. The van der Waals surface area contributed by atoms with Gasteiger partial charge in [0.25, 0.3) is 0 Å². The van der Waals surface area contributed by atoms with Crippen LogP contribution < -0.4 is 4.74 Å². The zero-order valence-electron chi connectivity index (χ0n) is 7.73. The van der Waals surface area contributed by atoms with Crippen molar-refractivity contribution in [2.75, 3.05) is 0 Å². The van der Waals surface area contributed by atoms with Gasteiger partial charge in [-0.15, -0.1) is 0 Å². The molecule has 0 aliphatic heterocycles. The van der Waals surface area contributed by atoms with Crippen LogP contribution in [0.3, 0.4) is 0 Å². The zero-order valence-corrected chi connectivity index (χ0v) is 10.00. The van der Waals surface area contributed by atoms with E-state index in [0.29, 0.717) is 0 Å². The van der Waals surface area contributed by atoms with Gasteiger partial charge in [-0.3, -0.25) is 0 Å². The maximum absolute atomic E-state index is 10.6. The molecule has 0 unspecified atom stereocenters. The lowest BCUT2D eigenvalue weighted by Gasteiger charge is -2.11. The van der Waals surface area contributed by atoms with Crippen molar-refractivity contribution in [2.24, 2.45) is 0 Å². The first-order valence-corrected chi connectivity index (χ1v) is 5.31. The molecule has 0 heterocycles. The van der Waals surface area contributed by atoms with E-state index in [1.165, 1.54) is 18.2 Å². The molecule has 0 aliphatic rings. The molecule has 0 aromatic heterocycles. The van der Waals surface area contributed by atoms with Crippen molar-refractivity contribution in [3.8, 4) is 5.75 Å². The van der Waals surface area contributed by atoms with E-state index in [0.717, 1.165) is 0 Å². The van der Waals surface area contributed by atoms with Crippen molar-refractivity contribution in [3.05, 3.63) is 28.8 Å². The number of ether oxygens (including phenoxy) is 1. The van der Waals surface area contributed by atoms with Crippen LogP contribution in [0.25, 0.3) is 0 Å². The predicted molar refractivity (Wildman–Crippen MR) is 60.2 cm³/mol. The number of carboxylic acids is 1. The highest BCUT2D eigenvalue weighted by Crippen LogP contribution is 2.26. The number of benzene rings is 1. The van der Waals surface area contributed by atoms with Crippen LogP contribution in [-0.2, 0) is 4.79 Å². The van der Waals surface area contributed by atoms with Gasteiger partial charge in [-0.1, -0.05) is 34.8 Å². The van der Waals surface area contributed by atoms with Gasteiger partial charge in [0, 0.05) is 5.02 Å². The van der Waals surface area contributed by atoms with Crippen molar-refractivity contribution in [1.82, 2.24) is 0 Å². The number of halogens is 3. The zero-order chi connectivity index (χ0) is 12.3. The average Bonchev–Trinajstić information content (AvgIpc) is 2.14. The normalized spacial score (nSPS) is 12.6. The molecule has 4 nitrogen and oxygen atoms in total. The van der Waals surface area contributed by atoms with Gasteiger partial charge >= 0.3 is 5.97 Å². The first-order chi connectivity index (χ1) is 7.40. The molecule has 0 aliphatic carbocycles. The van der Waals surface area contributed by atoms with E-state index in [1.54, 1.807) is 0 Å². The number of hydrogen-bond donors (Lipinski definition) is 2. The number of aliphatic hydroxyl groups excluding tert-OH is 1. The van der Waals surface area contributed by atoms with Crippen LogP contribution >= 0.6 is 34.8 Å². The Hall–Kier alpha value is -0.680. The number of hydrogen-bond acceptors (Lipinski definition) is 3. The van der Waals surface area contributed by atoms with Crippen LogP contribution in [0.1, 0.15) is 11.7 Å². The number of aliphatic hydroxyl groups is 1. The highest BCUT2D eigenvalue weighted by molar-refractivity contribution is 6.43. The first kappa shape index (κ1) is 13.4. The topological polar surface area (TPSA) is 66.8 Å². The van der Waals surface area contributed by atoms with Crippen LogP contribution in [0.2, 0.25) is 5.02 Å². The Balaban J connectivity index is 3.02. The lowest BCUT2D eigenvalue weighted by molar-refractivity contribution is -0.146. The fraction of sp³-hybridized carbons (Fsp3) is 0.222. The molecule has 1 aromatic rings. The molecule has 0 bridgehead atoms. The van der Waals surface area contributed by atoms with Crippen LogP contribution in [-0.4, -0.2) is 21.2 Å². The summed E-state index contributed by atoms with van der Waals surface area (Å²) in [6.07, 6.45) is -1.68. The van der Waals surface area contributed by atoms with Gasteiger partial charge in [0.2, 0.25) is 5.02 Å². The maximum atomic E-state index is 10.6. The summed E-state index contributed by atoms with van der Waals surface area (Å²) in [6.45, 7) is 0. The van der Waals surface area contributed by atoms with E-state index < -0.39 is 17.1 Å². The summed E-state index contributed by atoms with van der Waals surface area (Å²) in [5.74, 6) is -1.21. The minimum absolute atomic E-state index is 0.0870. The maximum Gasteiger partial charge on any atom is 0.337 e. The standard InChI is InChI=1S/C9H7Cl3O4/c10-5-1-4(7(13)8(14)15)2-6(3-5)16-9(11)12/h1-3,7,9,13H,(H,14,15)/t7-/m1/s1.